The predicted molar refractivity (Wildman–Crippen MR) is 201 cm³/mol. The van der Waals surface area contributed by atoms with Gasteiger partial charge in [-0.3, -0.25) is 19.4 Å². The highest BCUT2D eigenvalue weighted by atomic mass is 19.1. The number of carboxylic acid groups (broad SMARTS) is 2. The highest BCUT2D eigenvalue weighted by Gasteiger charge is 2.32. The summed E-state index contributed by atoms with van der Waals surface area (Å²) < 4.78 is 32.2. The molecule has 2 N–H and O–H groups in total. The summed E-state index contributed by atoms with van der Waals surface area (Å²) >= 11 is 0. The van der Waals surface area contributed by atoms with Gasteiger partial charge in [0.1, 0.15) is 29.8 Å². The maximum atomic E-state index is 13.7. The number of hydrogen-bond donors (Lipinski definition) is 2. The highest BCUT2D eigenvalue weighted by molar-refractivity contribution is 5.78. The molecule has 53 heavy (non-hydrogen) atoms. The molecule has 0 saturated carbocycles. The quantitative estimate of drug-likeness (QED) is 0.125. The largest absolute Gasteiger partial charge is 0.481 e. The average Bonchev–Trinajstić information content (AvgIpc) is 3.15. The smallest absolute Gasteiger partial charge is 0.328 e. The third kappa shape index (κ3) is 13.2. The number of carbonyl (C=O) groups excluding carboxylic acids is 1. The number of rotatable bonds is 10. The summed E-state index contributed by atoms with van der Waals surface area (Å²) in [4.78, 5) is 38.6. The Kier molecular flexibility index (Phi) is 17.9. The number of carboxylic acids is 2. The number of carbonyl (C=O) groups is 3. The Bertz CT molecular complexity index is 1700. The summed E-state index contributed by atoms with van der Waals surface area (Å²) in [6, 6.07) is 30.7. The number of hydrogen-bond acceptors (Lipinski definition) is 6. The van der Waals surface area contributed by atoms with E-state index < -0.39 is 29.6 Å². The van der Waals surface area contributed by atoms with Crippen LogP contribution < -0.4 is 0 Å². The van der Waals surface area contributed by atoms with E-state index in [1.165, 1.54) is 30.7 Å². The zero-order valence-electron chi connectivity index (χ0n) is 30.2. The first-order chi connectivity index (χ1) is 25.2. The summed E-state index contributed by atoms with van der Waals surface area (Å²) in [7, 11) is 0. The minimum absolute atomic E-state index is 0. The second kappa shape index (κ2) is 22.3. The van der Waals surface area contributed by atoms with Crippen LogP contribution in [0.4, 0.5) is 8.78 Å². The van der Waals surface area contributed by atoms with Gasteiger partial charge in [0.25, 0.3) is 0 Å². The molecule has 3 atom stereocenters. The lowest BCUT2D eigenvalue weighted by molar-refractivity contribution is -0.156. The molecule has 4 aromatic carbocycles. The molecule has 2 heterocycles. The summed E-state index contributed by atoms with van der Waals surface area (Å²) in [5.74, 6) is -3.05. The molecule has 0 unspecified atom stereocenters. The molecule has 6 rings (SSSR count). The van der Waals surface area contributed by atoms with Gasteiger partial charge in [0.05, 0.1) is 6.42 Å². The van der Waals surface area contributed by atoms with Crippen LogP contribution in [0.25, 0.3) is 0 Å². The van der Waals surface area contributed by atoms with Crippen LogP contribution in [0.3, 0.4) is 0 Å². The zero-order chi connectivity index (χ0) is 37.3. The first-order valence-electron chi connectivity index (χ1n) is 17.9. The SMILES string of the molecule is C[C@H](OC(=O)[C@@H](c1ccccc1)N1CCCCC1)c1ccccc1.O=C(O)Cc1ccccc1F.O=C(O)[C@@H](c1ccccc1F)N1CCCCC1.[B]. The Morgan fingerprint density at radius 3 is 1.57 bits per heavy atom. The van der Waals surface area contributed by atoms with Crippen LogP contribution in [0.5, 0.6) is 0 Å². The molecule has 3 radical (unpaired) electrons. The van der Waals surface area contributed by atoms with Crippen molar-refractivity contribution in [3.8, 4) is 0 Å². The van der Waals surface area contributed by atoms with Crippen molar-refractivity contribution in [3.63, 3.8) is 0 Å². The predicted octanol–water partition coefficient (Wildman–Crippen LogP) is 8.03. The van der Waals surface area contributed by atoms with Crippen LogP contribution in [-0.2, 0) is 25.5 Å². The molecular weight excluding hydrogens is 677 g/mol. The summed E-state index contributed by atoms with van der Waals surface area (Å²) in [6.07, 6.45) is 6.13. The molecule has 0 aromatic heterocycles. The van der Waals surface area contributed by atoms with Gasteiger partial charge in [-0.25, -0.2) is 13.6 Å². The van der Waals surface area contributed by atoms with E-state index in [-0.39, 0.29) is 44.1 Å². The number of ether oxygens (including phenoxy) is 1. The second-order valence-electron chi connectivity index (χ2n) is 12.9. The molecule has 2 fully saturated rings. The summed E-state index contributed by atoms with van der Waals surface area (Å²) in [5, 5.41) is 17.6. The number of aliphatic carboxylic acids is 2. The zero-order valence-corrected chi connectivity index (χ0v) is 30.2. The molecule has 8 nitrogen and oxygen atoms in total. The topological polar surface area (TPSA) is 107 Å². The Balaban J connectivity index is 0.000000228. The van der Waals surface area contributed by atoms with Crippen LogP contribution in [0, 0.1) is 11.6 Å². The Morgan fingerprint density at radius 1 is 0.623 bits per heavy atom. The van der Waals surface area contributed by atoms with E-state index in [0.717, 1.165) is 69.4 Å². The molecule has 11 heteroatoms. The van der Waals surface area contributed by atoms with E-state index in [1.54, 1.807) is 24.3 Å². The van der Waals surface area contributed by atoms with Crippen molar-refractivity contribution in [2.45, 2.75) is 70.1 Å². The molecule has 0 amide bonds. The van der Waals surface area contributed by atoms with Crippen LogP contribution in [0.1, 0.15) is 85.9 Å². The van der Waals surface area contributed by atoms with Gasteiger partial charge < -0.3 is 14.9 Å². The van der Waals surface area contributed by atoms with Crippen LogP contribution in [0.2, 0.25) is 0 Å². The number of benzene rings is 4. The second-order valence-corrected chi connectivity index (χ2v) is 12.9. The van der Waals surface area contributed by atoms with Crippen molar-refractivity contribution >= 4 is 26.3 Å². The first-order valence-corrected chi connectivity index (χ1v) is 17.9. The molecular formula is C42H48BF2N2O6. The third-order valence-corrected chi connectivity index (χ3v) is 9.15. The van der Waals surface area contributed by atoms with E-state index in [9.17, 15) is 28.3 Å². The van der Waals surface area contributed by atoms with E-state index in [0.29, 0.717) is 0 Å². The lowest BCUT2D eigenvalue weighted by Gasteiger charge is -2.34. The van der Waals surface area contributed by atoms with Gasteiger partial charge >= 0.3 is 17.9 Å². The minimum atomic E-state index is -1.02. The Labute approximate surface area is 313 Å². The van der Waals surface area contributed by atoms with Crippen molar-refractivity contribution in [2.75, 3.05) is 26.2 Å². The van der Waals surface area contributed by atoms with Gasteiger partial charge in [0.15, 0.2) is 0 Å². The number of esters is 1. The van der Waals surface area contributed by atoms with Gasteiger partial charge in [-0.1, -0.05) is 110 Å². The maximum Gasteiger partial charge on any atom is 0.328 e. The van der Waals surface area contributed by atoms with Crippen LogP contribution >= 0.6 is 0 Å². The van der Waals surface area contributed by atoms with Crippen LogP contribution in [0.15, 0.2) is 109 Å². The fraction of sp³-hybridized carbons (Fsp3) is 0.357. The normalized spacial score (nSPS) is 16.1. The van der Waals surface area contributed by atoms with E-state index in [1.807, 2.05) is 72.5 Å². The highest BCUT2D eigenvalue weighted by Crippen LogP contribution is 2.29. The van der Waals surface area contributed by atoms with Gasteiger partial charge in [-0.15, -0.1) is 0 Å². The van der Waals surface area contributed by atoms with Crippen molar-refractivity contribution in [1.82, 2.24) is 9.80 Å². The standard InChI is InChI=1S/C21H25NO2.C13H16FNO2.C8H7FO2.B/c1-17(18-11-5-2-6-12-18)24-21(23)20(19-13-7-3-8-14-19)22-15-9-4-10-16-22;14-11-7-3-2-6-10(11)12(13(16)17)15-8-4-1-5-9-15;9-7-4-2-1-3-6(7)5-8(10)11;/h2-3,5-8,11-14,17,20H,4,9-10,15-16H2,1H3;2-3,6-7,12H,1,4-5,8-9H2,(H,16,17);1-4H,5H2,(H,10,11);/t17-,20+;12-;;/m01../s1. The molecule has 279 valence electrons. The Morgan fingerprint density at radius 2 is 1.08 bits per heavy atom. The van der Waals surface area contributed by atoms with Crippen molar-refractivity contribution < 1.29 is 38.1 Å². The Hall–Kier alpha value is -4.87. The van der Waals surface area contributed by atoms with E-state index >= 15 is 0 Å². The van der Waals surface area contributed by atoms with Gasteiger partial charge in [-0.05, 0) is 87.6 Å². The van der Waals surface area contributed by atoms with E-state index in [4.69, 9.17) is 9.84 Å². The molecule has 4 aromatic rings. The molecule has 0 spiro atoms. The average molecular weight is 726 g/mol. The summed E-state index contributed by atoms with van der Waals surface area (Å²) in [5.41, 5.74) is 2.53. The van der Waals surface area contributed by atoms with Crippen LogP contribution in [-0.4, -0.2) is 72.5 Å². The lowest BCUT2D eigenvalue weighted by atomic mass is 10.0. The summed E-state index contributed by atoms with van der Waals surface area (Å²) in [6.45, 7) is 5.30. The fourth-order valence-corrected chi connectivity index (χ4v) is 6.50. The fourth-order valence-electron chi connectivity index (χ4n) is 6.50. The lowest BCUT2D eigenvalue weighted by Crippen LogP contribution is -2.39. The maximum absolute atomic E-state index is 13.7. The van der Waals surface area contributed by atoms with Gasteiger partial charge in [-0.2, -0.15) is 0 Å². The van der Waals surface area contributed by atoms with Crippen molar-refractivity contribution in [3.05, 3.63) is 143 Å². The molecule has 0 bridgehead atoms. The van der Waals surface area contributed by atoms with Gasteiger partial charge in [0.2, 0.25) is 0 Å². The number of likely N-dealkylation sites (tertiary alicyclic amines) is 2. The van der Waals surface area contributed by atoms with Crippen molar-refractivity contribution in [2.24, 2.45) is 0 Å². The molecule has 0 aliphatic carbocycles. The first kappa shape index (κ1) is 42.5. The number of nitrogens with zero attached hydrogens (tertiary/aromatic N) is 2. The molecule has 2 saturated heterocycles. The third-order valence-electron chi connectivity index (χ3n) is 9.15. The monoisotopic (exact) mass is 725 g/mol. The number of piperidine rings is 2. The number of halogens is 2. The van der Waals surface area contributed by atoms with E-state index in [2.05, 4.69) is 4.90 Å². The minimum Gasteiger partial charge on any atom is -0.481 e. The molecule has 2 aliphatic rings. The van der Waals surface area contributed by atoms with Crippen molar-refractivity contribution in [1.29, 1.82) is 0 Å². The molecule has 2 aliphatic heterocycles. The van der Waals surface area contributed by atoms with Gasteiger partial charge in [0, 0.05) is 14.0 Å².